The van der Waals surface area contributed by atoms with E-state index in [1.807, 2.05) is 0 Å². The Bertz CT molecular complexity index is 429. The third-order valence-electron chi connectivity index (χ3n) is 2.24. The molecule has 0 aliphatic carbocycles. The Morgan fingerprint density at radius 2 is 2.00 bits per heavy atom. The van der Waals surface area contributed by atoms with Gasteiger partial charge >= 0.3 is 0 Å². The molecule has 0 saturated carbocycles. The van der Waals surface area contributed by atoms with Gasteiger partial charge in [-0.1, -0.05) is 0 Å². The van der Waals surface area contributed by atoms with E-state index in [2.05, 4.69) is 0 Å². The van der Waals surface area contributed by atoms with Crippen molar-refractivity contribution in [1.82, 2.24) is 4.31 Å². The third kappa shape index (κ3) is 3.33. The monoisotopic (exact) mass is 289 g/mol. The summed E-state index contributed by atoms with van der Waals surface area (Å²) in [4.78, 5) is 0. The molecule has 0 bridgehead atoms. The molecule has 0 amide bonds. The Morgan fingerprint density at radius 1 is 1.38 bits per heavy atom. The highest BCUT2D eigenvalue weighted by molar-refractivity contribution is 8.01. The van der Waals surface area contributed by atoms with Crippen molar-refractivity contribution >= 4 is 31.6 Å². The highest BCUT2D eigenvalue weighted by atomic mass is 32.2. The molecule has 6 nitrogen and oxygen atoms in total. The van der Waals surface area contributed by atoms with Crippen LogP contribution < -0.4 is 0 Å². The maximum absolute atomic E-state index is 11.7. The Hall–Kier alpha value is 0.170. The smallest absolute Gasteiger partial charge is 0.217 e. The van der Waals surface area contributed by atoms with Gasteiger partial charge in [-0.2, -0.15) is 16.1 Å². The van der Waals surface area contributed by atoms with Crippen LogP contribution in [0.25, 0.3) is 0 Å². The SMILES string of the molecule is CS(=O)(=O)C1CSCCN1S(=O)(=O)CCO. The number of nitrogens with zero attached hydrogens (tertiary/aromatic N) is 1. The molecule has 1 atom stereocenters. The van der Waals surface area contributed by atoms with E-state index in [-0.39, 0.29) is 12.3 Å². The number of hydrogen-bond donors (Lipinski definition) is 1. The van der Waals surface area contributed by atoms with Crippen molar-refractivity contribution in [2.24, 2.45) is 0 Å². The van der Waals surface area contributed by atoms with E-state index < -0.39 is 37.6 Å². The first-order chi connectivity index (χ1) is 7.29. The van der Waals surface area contributed by atoms with Crippen LogP contribution >= 0.6 is 11.8 Å². The number of aliphatic hydroxyl groups is 1. The first kappa shape index (κ1) is 14.2. The molecule has 1 aliphatic heterocycles. The fraction of sp³-hybridized carbons (Fsp3) is 1.00. The molecule has 1 unspecified atom stereocenters. The summed E-state index contributed by atoms with van der Waals surface area (Å²) in [5.41, 5.74) is 0. The largest absolute Gasteiger partial charge is 0.395 e. The highest BCUT2D eigenvalue weighted by Gasteiger charge is 2.37. The van der Waals surface area contributed by atoms with Gasteiger partial charge in [0, 0.05) is 24.3 Å². The zero-order chi connectivity index (χ0) is 12.4. The molecule has 0 radical (unpaired) electrons. The predicted octanol–water partition coefficient (Wildman–Crippen LogP) is -1.27. The average Bonchev–Trinajstić information content (AvgIpc) is 2.16. The van der Waals surface area contributed by atoms with Crippen LogP contribution in [-0.2, 0) is 19.9 Å². The molecule has 1 aliphatic rings. The molecule has 0 aromatic heterocycles. The van der Waals surface area contributed by atoms with Gasteiger partial charge in [0.15, 0.2) is 9.84 Å². The van der Waals surface area contributed by atoms with Crippen molar-refractivity contribution in [3.63, 3.8) is 0 Å². The molecule has 16 heavy (non-hydrogen) atoms. The summed E-state index contributed by atoms with van der Waals surface area (Å²) in [6.07, 6.45) is 1.03. The van der Waals surface area contributed by atoms with Crippen LogP contribution in [0.4, 0.5) is 0 Å². The molecular weight excluding hydrogens is 274 g/mol. The Labute approximate surface area is 100.0 Å². The summed E-state index contributed by atoms with van der Waals surface area (Å²) >= 11 is 1.42. The zero-order valence-electron chi connectivity index (χ0n) is 8.87. The Morgan fingerprint density at radius 3 is 2.50 bits per heavy atom. The van der Waals surface area contributed by atoms with Gasteiger partial charge in [-0.05, 0) is 0 Å². The molecule has 1 saturated heterocycles. The van der Waals surface area contributed by atoms with Crippen LogP contribution in [0, 0.1) is 0 Å². The lowest BCUT2D eigenvalue weighted by Gasteiger charge is -2.32. The van der Waals surface area contributed by atoms with Crippen LogP contribution in [0.1, 0.15) is 0 Å². The first-order valence-corrected chi connectivity index (χ1v) is 9.38. The summed E-state index contributed by atoms with van der Waals surface area (Å²) < 4.78 is 47.4. The van der Waals surface area contributed by atoms with E-state index >= 15 is 0 Å². The minimum Gasteiger partial charge on any atom is -0.395 e. The van der Waals surface area contributed by atoms with Crippen molar-refractivity contribution in [1.29, 1.82) is 0 Å². The van der Waals surface area contributed by atoms with Crippen molar-refractivity contribution in [3.05, 3.63) is 0 Å². The van der Waals surface area contributed by atoms with E-state index in [1.54, 1.807) is 0 Å². The van der Waals surface area contributed by atoms with E-state index in [0.29, 0.717) is 5.75 Å². The van der Waals surface area contributed by atoms with Gasteiger partial charge in [-0.15, -0.1) is 0 Å². The Kier molecular flexibility index (Phi) is 4.64. The fourth-order valence-corrected chi connectivity index (χ4v) is 6.48. The lowest BCUT2D eigenvalue weighted by molar-refractivity contribution is 0.313. The van der Waals surface area contributed by atoms with E-state index in [1.165, 1.54) is 11.8 Å². The van der Waals surface area contributed by atoms with Gasteiger partial charge in [0.2, 0.25) is 10.0 Å². The number of sulfone groups is 1. The van der Waals surface area contributed by atoms with Crippen LogP contribution in [-0.4, -0.2) is 68.3 Å². The average molecular weight is 289 g/mol. The highest BCUT2D eigenvalue weighted by Crippen LogP contribution is 2.23. The Balaban J connectivity index is 3.00. The molecule has 96 valence electrons. The van der Waals surface area contributed by atoms with Gasteiger partial charge in [0.05, 0.1) is 12.4 Å². The van der Waals surface area contributed by atoms with Crippen LogP contribution in [0.15, 0.2) is 0 Å². The summed E-state index contributed by atoms with van der Waals surface area (Å²) in [6.45, 7) is -0.312. The molecule has 1 heterocycles. The fourth-order valence-electron chi connectivity index (χ4n) is 1.45. The normalized spacial score (nSPS) is 24.5. The maximum atomic E-state index is 11.7. The quantitative estimate of drug-likeness (QED) is 0.694. The third-order valence-corrected chi connectivity index (χ3v) is 6.87. The van der Waals surface area contributed by atoms with Gasteiger partial charge in [-0.25, -0.2) is 16.8 Å². The van der Waals surface area contributed by atoms with Crippen LogP contribution in [0.2, 0.25) is 0 Å². The lowest BCUT2D eigenvalue weighted by atomic mass is 10.6. The second-order valence-electron chi connectivity index (χ2n) is 3.51. The molecule has 1 N–H and O–H groups in total. The van der Waals surface area contributed by atoms with E-state index in [9.17, 15) is 16.8 Å². The standard InChI is InChI=1S/C7H15NO5S3/c1-15(10,11)7-6-14-4-2-8(7)16(12,13)5-3-9/h7,9H,2-6H2,1H3. The second kappa shape index (κ2) is 5.21. The van der Waals surface area contributed by atoms with Crippen molar-refractivity contribution < 1.29 is 21.9 Å². The number of aliphatic hydroxyl groups excluding tert-OH is 1. The van der Waals surface area contributed by atoms with Gasteiger partial charge in [-0.3, -0.25) is 0 Å². The first-order valence-electron chi connectivity index (χ1n) is 4.66. The molecule has 1 rings (SSSR count). The van der Waals surface area contributed by atoms with Crippen molar-refractivity contribution in [2.75, 3.05) is 36.7 Å². The van der Waals surface area contributed by atoms with Crippen LogP contribution in [0.5, 0.6) is 0 Å². The molecule has 9 heteroatoms. The van der Waals surface area contributed by atoms with Gasteiger partial charge < -0.3 is 5.11 Å². The zero-order valence-corrected chi connectivity index (χ0v) is 11.3. The second-order valence-corrected chi connectivity index (χ2v) is 8.90. The van der Waals surface area contributed by atoms with Crippen LogP contribution in [0.3, 0.4) is 0 Å². The molecule has 0 aromatic rings. The number of rotatable bonds is 4. The number of sulfonamides is 1. The molecule has 0 spiro atoms. The van der Waals surface area contributed by atoms with Gasteiger partial charge in [0.1, 0.15) is 5.37 Å². The molecule has 1 fully saturated rings. The number of hydrogen-bond acceptors (Lipinski definition) is 6. The summed E-state index contributed by atoms with van der Waals surface area (Å²) in [5.74, 6) is 0.407. The minimum atomic E-state index is -3.67. The summed E-state index contributed by atoms with van der Waals surface area (Å²) in [5, 5.41) is 7.66. The lowest BCUT2D eigenvalue weighted by Crippen LogP contribution is -2.50. The van der Waals surface area contributed by atoms with Crippen molar-refractivity contribution in [3.8, 4) is 0 Å². The summed E-state index contributed by atoms with van der Waals surface area (Å²) in [6, 6.07) is 0. The minimum absolute atomic E-state index is 0.185. The van der Waals surface area contributed by atoms with Crippen molar-refractivity contribution in [2.45, 2.75) is 5.37 Å². The van der Waals surface area contributed by atoms with E-state index in [4.69, 9.17) is 5.11 Å². The van der Waals surface area contributed by atoms with E-state index in [0.717, 1.165) is 10.6 Å². The molecule has 0 aromatic carbocycles. The predicted molar refractivity (Wildman–Crippen MR) is 63.5 cm³/mol. The number of thioether (sulfide) groups is 1. The topological polar surface area (TPSA) is 91.8 Å². The van der Waals surface area contributed by atoms with Gasteiger partial charge in [0.25, 0.3) is 0 Å². The maximum Gasteiger partial charge on any atom is 0.217 e. The summed E-state index contributed by atoms with van der Waals surface area (Å²) in [7, 11) is -7.11. The molecular formula is C7H15NO5S3.